The highest BCUT2D eigenvalue weighted by atomic mass is 16.7. The van der Waals surface area contributed by atoms with Gasteiger partial charge in [0.1, 0.15) is 0 Å². The van der Waals surface area contributed by atoms with Gasteiger partial charge in [0, 0.05) is 5.92 Å². The molecule has 1 saturated heterocycles. The molecule has 0 aromatic rings. The van der Waals surface area contributed by atoms with Gasteiger partial charge in [-0.15, -0.1) is 0 Å². The molecule has 2 heteroatoms. The summed E-state index contributed by atoms with van der Waals surface area (Å²) in [5.74, 6) is 1.80. The molecule has 0 aromatic heterocycles. The molecule has 1 rings (SSSR count). The third-order valence-electron chi connectivity index (χ3n) is 3.79. The van der Waals surface area contributed by atoms with Crippen molar-refractivity contribution in [1.29, 1.82) is 0 Å². The van der Waals surface area contributed by atoms with E-state index in [1.54, 1.807) is 0 Å². The summed E-state index contributed by atoms with van der Waals surface area (Å²) in [5.41, 5.74) is 0. The van der Waals surface area contributed by atoms with Crippen molar-refractivity contribution in [3.63, 3.8) is 0 Å². The van der Waals surface area contributed by atoms with Crippen LogP contribution in [0.25, 0.3) is 0 Å². The Labute approximate surface area is 94.3 Å². The van der Waals surface area contributed by atoms with Crippen LogP contribution in [0, 0.1) is 17.8 Å². The van der Waals surface area contributed by atoms with E-state index >= 15 is 0 Å². The van der Waals surface area contributed by atoms with E-state index in [0.29, 0.717) is 23.9 Å². The quantitative estimate of drug-likeness (QED) is 0.716. The molecule has 1 aliphatic rings. The maximum atomic E-state index is 6.02. The van der Waals surface area contributed by atoms with Gasteiger partial charge >= 0.3 is 0 Å². The third kappa shape index (κ3) is 2.94. The lowest BCUT2D eigenvalue weighted by atomic mass is 9.78. The number of ether oxygens (including phenoxy) is 2. The smallest absolute Gasteiger partial charge is 0.161 e. The van der Waals surface area contributed by atoms with E-state index in [-0.39, 0.29) is 12.4 Å². The van der Waals surface area contributed by atoms with Gasteiger partial charge in [0.15, 0.2) is 6.29 Å². The average Bonchev–Trinajstić information content (AvgIpc) is 2.18. The van der Waals surface area contributed by atoms with Gasteiger partial charge in [0.2, 0.25) is 0 Å². The van der Waals surface area contributed by atoms with Crippen LogP contribution in [0.15, 0.2) is 0 Å². The third-order valence-corrected chi connectivity index (χ3v) is 3.79. The van der Waals surface area contributed by atoms with E-state index in [9.17, 15) is 0 Å². The molecule has 0 spiro atoms. The fourth-order valence-corrected chi connectivity index (χ4v) is 2.38. The first kappa shape index (κ1) is 13.0. The van der Waals surface area contributed by atoms with E-state index in [0.717, 1.165) is 6.42 Å². The first-order chi connectivity index (χ1) is 6.97. The summed E-state index contributed by atoms with van der Waals surface area (Å²) >= 11 is 0. The lowest BCUT2D eigenvalue weighted by molar-refractivity contribution is -0.259. The van der Waals surface area contributed by atoms with Gasteiger partial charge in [-0.05, 0) is 32.1 Å². The van der Waals surface area contributed by atoms with Gasteiger partial charge in [-0.25, -0.2) is 0 Å². The zero-order chi connectivity index (χ0) is 11.6. The van der Waals surface area contributed by atoms with E-state index < -0.39 is 0 Å². The molecule has 0 saturated carbocycles. The summed E-state index contributed by atoms with van der Waals surface area (Å²) in [5, 5.41) is 0. The van der Waals surface area contributed by atoms with E-state index in [4.69, 9.17) is 9.47 Å². The highest BCUT2D eigenvalue weighted by Crippen LogP contribution is 2.36. The molecule has 1 aliphatic heterocycles. The van der Waals surface area contributed by atoms with Crippen molar-refractivity contribution in [3.8, 4) is 0 Å². The Morgan fingerprint density at radius 2 is 1.67 bits per heavy atom. The highest BCUT2D eigenvalue weighted by Gasteiger charge is 2.38. The molecule has 0 N–H and O–H groups in total. The average molecular weight is 214 g/mol. The Bertz CT molecular complexity index is 189. The standard InChI is InChI=1S/C13H26O2/c1-7-12-10(5)9(4)11(6)13(15-12)14-8(2)3/h8-13H,7H2,1-6H3/t9-,10?,11+,12+,13?/m0/s1. The van der Waals surface area contributed by atoms with Crippen LogP contribution >= 0.6 is 0 Å². The Hall–Kier alpha value is -0.0800. The summed E-state index contributed by atoms with van der Waals surface area (Å²) in [6.45, 7) is 13.2. The zero-order valence-electron chi connectivity index (χ0n) is 11.0. The minimum atomic E-state index is -0.0128. The van der Waals surface area contributed by atoms with Gasteiger partial charge in [-0.3, -0.25) is 0 Å². The van der Waals surface area contributed by atoms with Crippen molar-refractivity contribution < 1.29 is 9.47 Å². The largest absolute Gasteiger partial charge is 0.350 e. The normalized spacial score (nSPS) is 42.2. The molecule has 1 fully saturated rings. The van der Waals surface area contributed by atoms with Crippen molar-refractivity contribution in [2.75, 3.05) is 0 Å². The molecule has 0 radical (unpaired) electrons. The van der Waals surface area contributed by atoms with Gasteiger partial charge in [0.05, 0.1) is 12.2 Å². The van der Waals surface area contributed by atoms with Crippen molar-refractivity contribution in [3.05, 3.63) is 0 Å². The Morgan fingerprint density at radius 1 is 1.07 bits per heavy atom. The van der Waals surface area contributed by atoms with E-state index in [1.807, 2.05) is 0 Å². The van der Waals surface area contributed by atoms with E-state index in [2.05, 4.69) is 41.5 Å². The van der Waals surface area contributed by atoms with Gasteiger partial charge in [-0.2, -0.15) is 0 Å². The monoisotopic (exact) mass is 214 g/mol. The maximum absolute atomic E-state index is 6.02. The topological polar surface area (TPSA) is 18.5 Å². The van der Waals surface area contributed by atoms with Crippen LogP contribution in [0.4, 0.5) is 0 Å². The molecular weight excluding hydrogens is 188 g/mol. The molecule has 2 nitrogen and oxygen atoms in total. The molecule has 15 heavy (non-hydrogen) atoms. The fourth-order valence-electron chi connectivity index (χ4n) is 2.38. The summed E-state index contributed by atoms with van der Waals surface area (Å²) < 4.78 is 11.9. The lowest BCUT2D eigenvalue weighted by Gasteiger charge is -2.43. The summed E-state index contributed by atoms with van der Waals surface area (Å²) in [7, 11) is 0. The molecular formula is C13H26O2. The van der Waals surface area contributed by atoms with Gasteiger partial charge in [-0.1, -0.05) is 27.7 Å². The Morgan fingerprint density at radius 3 is 2.13 bits per heavy atom. The van der Waals surface area contributed by atoms with Gasteiger partial charge < -0.3 is 9.47 Å². The molecule has 1 heterocycles. The van der Waals surface area contributed by atoms with Crippen LogP contribution in [0.5, 0.6) is 0 Å². The van der Waals surface area contributed by atoms with Crippen LogP contribution in [0.2, 0.25) is 0 Å². The first-order valence-corrected chi connectivity index (χ1v) is 6.28. The molecule has 0 aromatic carbocycles. The van der Waals surface area contributed by atoms with E-state index in [1.165, 1.54) is 0 Å². The first-order valence-electron chi connectivity index (χ1n) is 6.28. The number of hydrogen-bond acceptors (Lipinski definition) is 2. The number of hydrogen-bond donors (Lipinski definition) is 0. The molecule has 2 unspecified atom stereocenters. The predicted molar refractivity (Wildman–Crippen MR) is 62.7 cm³/mol. The molecule has 0 bridgehead atoms. The molecule has 0 amide bonds. The minimum absolute atomic E-state index is 0.0128. The van der Waals surface area contributed by atoms with Crippen molar-refractivity contribution in [2.45, 2.75) is 66.5 Å². The van der Waals surface area contributed by atoms with Crippen LogP contribution in [-0.2, 0) is 9.47 Å². The predicted octanol–water partition coefficient (Wildman–Crippen LogP) is 3.45. The molecule has 90 valence electrons. The second kappa shape index (κ2) is 5.31. The molecule has 5 atom stereocenters. The summed E-state index contributed by atoms with van der Waals surface area (Å²) in [6.07, 6.45) is 1.67. The molecule has 0 aliphatic carbocycles. The highest BCUT2D eigenvalue weighted by molar-refractivity contribution is 4.82. The second-order valence-corrected chi connectivity index (χ2v) is 5.21. The summed E-state index contributed by atoms with van der Waals surface area (Å²) in [4.78, 5) is 0. The summed E-state index contributed by atoms with van der Waals surface area (Å²) in [6, 6.07) is 0. The van der Waals surface area contributed by atoms with Gasteiger partial charge in [0.25, 0.3) is 0 Å². The zero-order valence-corrected chi connectivity index (χ0v) is 11.0. The lowest BCUT2D eigenvalue weighted by Crippen LogP contribution is -2.46. The van der Waals surface area contributed by atoms with Crippen LogP contribution < -0.4 is 0 Å². The SMILES string of the molecule is CC[C@H]1OC(OC(C)C)[C@H](C)[C@@H](C)C1C. The van der Waals surface area contributed by atoms with Crippen molar-refractivity contribution in [2.24, 2.45) is 17.8 Å². The second-order valence-electron chi connectivity index (χ2n) is 5.21. The Balaban J connectivity index is 2.65. The Kier molecular flexibility index (Phi) is 4.60. The van der Waals surface area contributed by atoms with Crippen LogP contribution in [0.1, 0.15) is 48.0 Å². The minimum Gasteiger partial charge on any atom is -0.350 e. The van der Waals surface area contributed by atoms with Crippen molar-refractivity contribution in [1.82, 2.24) is 0 Å². The van der Waals surface area contributed by atoms with Crippen LogP contribution in [0.3, 0.4) is 0 Å². The maximum Gasteiger partial charge on any atom is 0.161 e. The fraction of sp³-hybridized carbons (Fsp3) is 1.00. The van der Waals surface area contributed by atoms with Crippen LogP contribution in [-0.4, -0.2) is 18.5 Å². The number of rotatable bonds is 3. The van der Waals surface area contributed by atoms with Crippen molar-refractivity contribution >= 4 is 0 Å².